The van der Waals surface area contributed by atoms with Crippen molar-refractivity contribution < 1.29 is 17.9 Å². The van der Waals surface area contributed by atoms with Crippen LogP contribution in [0.4, 0.5) is 30.2 Å². The number of rotatable bonds is 3. The topological polar surface area (TPSA) is 47.3 Å². The number of ether oxygens (including phenoxy) is 1. The van der Waals surface area contributed by atoms with Crippen LogP contribution < -0.4 is 15.8 Å². The maximum atomic E-state index is 12.8. The number of anilines is 3. The Hall–Kier alpha value is -2.08. The van der Waals surface area contributed by atoms with Gasteiger partial charge in [0, 0.05) is 16.8 Å². The number of nitrogens with two attached hydrogens (primary N) is 1. The van der Waals surface area contributed by atoms with Gasteiger partial charge in [0.2, 0.25) is 0 Å². The molecule has 0 spiro atoms. The molecule has 0 aliphatic carbocycles. The maximum absolute atomic E-state index is 12.8. The standard InChI is InChI=1S/C14H12ClF3N2O/c1-21-11-2-3-12(19)13(7-11)20-10-5-8(14(16,17)18)4-9(15)6-10/h2-7,20H,19H2,1H3. The van der Waals surface area contributed by atoms with Crippen LogP contribution in [-0.4, -0.2) is 7.11 Å². The lowest BCUT2D eigenvalue weighted by atomic mass is 10.1. The van der Waals surface area contributed by atoms with Crippen molar-refractivity contribution in [3.8, 4) is 5.75 Å². The molecule has 0 bridgehead atoms. The molecule has 0 heterocycles. The van der Waals surface area contributed by atoms with E-state index < -0.39 is 11.7 Å². The number of alkyl halides is 3. The summed E-state index contributed by atoms with van der Waals surface area (Å²) in [6.07, 6.45) is -4.47. The molecule has 2 aromatic carbocycles. The second kappa shape index (κ2) is 5.73. The molecular formula is C14H12ClF3N2O. The predicted octanol–water partition coefficient (Wildman–Crippen LogP) is 4.69. The molecule has 2 aromatic rings. The fraction of sp³-hybridized carbons (Fsp3) is 0.143. The first kappa shape index (κ1) is 15.3. The average Bonchev–Trinajstić information content (AvgIpc) is 2.39. The number of hydrogen-bond acceptors (Lipinski definition) is 3. The van der Waals surface area contributed by atoms with Crippen LogP contribution in [0.25, 0.3) is 0 Å². The van der Waals surface area contributed by atoms with Crippen molar-refractivity contribution in [2.75, 3.05) is 18.2 Å². The van der Waals surface area contributed by atoms with E-state index in [2.05, 4.69) is 5.32 Å². The van der Waals surface area contributed by atoms with Gasteiger partial charge in [0.05, 0.1) is 24.0 Å². The monoisotopic (exact) mass is 316 g/mol. The van der Waals surface area contributed by atoms with Crippen molar-refractivity contribution in [3.63, 3.8) is 0 Å². The molecule has 2 rings (SSSR count). The quantitative estimate of drug-likeness (QED) is 0.807. The number of halogens is 4. The Morgan fingerprint density at radius 3 is 2.48 bits per heavy atom. The Morgan fingerprint density at radius 2 is 1.86 bits per heavy atom. The van der Waals surface area contributed by atoms with Crippen molar-refractivity contribution in [2.24, 2.45) is 0 Å². The van der Waals surface area contributed by atoms with E-state index in [0.717, 1.165) is 12.1 Å². The normalized spacial score (nSPS) is 11.3. The van der Waals surface area contributed by atoms with Crippen LogP contribution in [0, 0.1) is 0 Å². The van der Waals surface area contributed by atoms with E-state index in [1.54, 1.807) is 18.2 Å². The van der Waals surface area contributed by atoms with Gasteiger partial charge in [-0.2, -0.15) is 13.2 Å². The van der Waals surface area contributed by atoms with Crippen LogP contribution in [-0.2, 0) is 6.18 Å². The van der Waals surface area contributed by atoms with Gasteiger partial charge in [0.15, 0.2) is 0 Å². The Kier molecular flexibility index (Phi) is 4.18. The van der Waals surface area contributed by atoms with E-state index in [4.69, 9.17) is 22.1 Å². The van der Waals surface area contributed by atoms with Gasteiger partial charge >= 0.3 is 6.18 Å². The largest absolute Gasteiger partial charge is 0.497 e. The molecule has 0 radical (unpaired) electrons. The average molecular weight is 317 g/mol. The summed E-state index contributed by atoms with van der Waals surface area (Å²) in [5.74, 6) is 0.532. The fourth-order valence-electron chi connectivity index (χ4n) is 1.75. The van der Waals surface area contributed by atoms with Crippen LogP contribution in [0.5, 0.6) is 5.75 Å². The van der Waals surface area contributed by atoms with E-state index in [1.165, 1.54) is 13.2 Å². The molecule has 0 fully saturated rings. The highest BCUT2D eigenvalue weighted by Crippen LogP contribution is 2.35. The summed E-state index contributed by atoms with van der Waals surface area (Å²) in [5, 5.41) is 2.79. The molecule has 112 valence electrons. The second-order valence-electron chi connectivity index (χ2n) is 4.30. The summed E-state index contributed by atoms with van der Waals surface area (Å²) in [7, 11) is 1.48. The molecule has 0 saturated heterocycles. The van der Waals surface area contributed by atoms with E-state index in [1.807, 2.05) is 0 Å². The molecule has 7 heteroatoms. The van der Waals surface area contributed by atoms with E-state index in [9.17, 15) is 13.2 Å². The summed E-state index contributed by atoms with van der Waals surface area (Å²) < 4.78 is 43.3. The highest BCUT2D eigenvalue weighted by Gasteiger charge is 2.31. The molecule has 21 heavy (non-hydrogen) atoms. The molecular weight excluding hydrogens is 305 g/mol. The smallest absolute Gasteiger partial charge is 0.416 e. The SMILES string of the molecule is COc1ccc(N)c(Nc2cc(Cl)cc(C(F)(F)F)c2)c1. The molecule has 0 unspecified atom stereocenters. The van der Waals surface area contributed by atoms with Crippen molar-refractivity contribution in [1.29, 1.82) is 0 Å². The number of methoxy groups -OCH3 is 1. The van der Waals surface area contributed by atoms with Gasteiger partial charge in [-0.1, -0.05) is 11.6 Å². The van der Waals surface area contributed by atoms with Crippen LogP contribution >= 0.6 is 11.6 Å². The second-order valence-corrected chi connectivity index (χ2v) is 4.74. The molecule has 0 saturated carbocycles. The number of nitrogens with one attached hydrogen (secondary N) is 1. The third-order valence-corrected chi connectivity index (χ3v) is 2.98. The minimum atomic E-state index is -4.47. The van der Waals surface area contributed by atoms with Crippen LogP contribution in [0.15, 0.2) is 36.4 Å². The van der Waals surface area contributed by atoms with Gasteiger partial charge < -0.3 is 15.8 Å². The van der Waals surface area contributed by atoms with Gasteiger partial charge in [-0.15, -0.1) is 0 Å². The summed E-state index contributed by atoms with van der Waals surface area (Å²) in [5.41, 5.74) is 5.95. The summed E-state index contributed by atoms with van der Waals surface area (Å²) in [6, 6.07) is 8.04. The van der Waals surface area contributed by atoms with Crippen molar-refractivity contribution in [3.05, 3.63) is 47.0 Å². The molecule has 3 N–H and O–H groups in total. The molecule has 0 atom stereocenters. The fourth-order valence-corrected chi connectivity index (χ4v) is 1.99. The first-order chi connectivity index (χ1) is 9.79. The minimum Gasteiger partial charge on any atom is -0.497 e. The summed E-state index contributed by atoms with van der Waals surface area (Å²) in [6.45, 7) is 0. The van der Waals surface area contributed by atoms with E-state index in [-0.39, 0.29) is 10.7 Å². The van der Waals surface area contributed by atoms with Crippen molar-refractivity contribution in [2.45, 2.75) is 6.18 Å². The van der Waals surface area contributed by atoms with Gasteiger partial charge in [0.1, 0.15) is 5.75 Å². The van der Waals surface area contributed by atoms with Gasteiger partial charge in [-0.05, 0) is 30.3 Å². The van der Waals surface area contributed by atoms with Gasteiger partial charge in [0.25, 0.3) is 0 Å². The van der Waals surface area contributed by atoms with Gasteiger partial charge in [-0.3, -0.25) is 0 Å². The molecule has 0 amide bonds. The van der Waals surface area contributed by atoms with Crippen LogP contribution in [0.3, 0.4) is 0 Å². The third kappa shape index (κ3) is 3.72. The maximum Gasteiger partial charge on any atom is 0.416 e. The third-order valence-electron chi connectivity index (χ3n) is 2.76. The number of hydrogen-bond donors (Lipinski definition) is 2. The first-order valence-corrected chi connectivity index (χ1v) is 6.26. The van der Waals surface area contributed by atoms with Crippen LogP contribution in [0.2, 0.25) is 5.02 Å². The molecule has 0 aromatic heterocycles. The van der Waals surface area contributed by atoms with E-state index >= 15 is 0 Å². The predicted molar refractivity (Wildman–Crippen MR) is 77.1 cm³/mol. The lowest BCUT2D eigenvalue weighted by Gasteiger charge is -2.14. The minimum absolute atomic E-state index is 0.0196. The first-order valence-electron chi connectivity index (χ1n) is 5.88. The lowest BCUT2D eigenvalue weighted by molar-refractivity contribution is -0.137. The Morgan fingerprint density at radius 1 is 1.14 bits per heavy atom. The highest BCUT2D eigenvalue weighted by molar-refractivity contribution is 6.31. The number of benzene rings is 2. The molecule has 0 aliphatic rings. The zero-order chi connectivity index (χ0) is 15.6. The number of nitrogen functional groups attached to an aromatic ring is 1. The van der Waals surface area contributed by atoms with Gasteiger partial charge in [-0.25, -0.2) is 0 Å². The van der Waals surface area contributed by atoms with Crippen LogP contribution in [0.1, 0.15) is 5.56 Å². The summed E-state index contributed by atoms with van der Waals surface area (Å²) in [4.78, 5) is 0. The zero-order valence-electron chi connectivity index (χ0n) is 11.0. The summed E-state index contributed by atoms with van der Waals surface area (Å²) >= 11 is 5.72. The Bertz CT molecular complexity index is 659. The molecule has 0 aliphatic heterocycles. The lowest BCUT2D eigenvalue weighted by Crippen LogP contribution is -2.06. The Labute approximate surface area is 124 Å². The highest BCUT2D eigenvalue weighted by atomic mass is 35.5. The Balaban J connectivity index is 2.38. The molecule has 3 nitrogen and oxygen atoms in total. The van der Waals surface area contributed by atoms with Crippen molar-refractivity contribution in [1.82, 2.24) is 0 Å². The van der Waals surface area contributed by atoms with E-state index in [0.29, 0.717) is 17.1 Å². The zero-order valence-corrected chi connectivity index (χ0v) is 11.7. The van der Waals surface area contributed by atoms with Crippen molar-refractivity contribution >= 4 is 28.7 Å².